The highest BCUT2D eigenvalue weighted by Gasteiger charge is 2.54. The van der Waals surface area contributed by atoms with Crippen LogP contribution in [0.2, 0.25) is 0 Å². The number of nitrogens with two attached hydrogens (primary N) is 1. The third-order valence-electron chi connectivity index (χ3n) is 4.48. The van der Waals surface area contributed by atoms with Crippen molar-refractivity contribution in [1.82, 2.24) is 30.6 Å². The summed E-state index contributed by atoms with van der Waals surface area (Å²) in [6.07, 6.45) is 1.53. The molecule has 1 saturated heterocycles. The molecule has 5 N–H and O–H groups in total. The van der Waals surface area contributed by atoms with Crippen LogP contribution in [0.4, 0.5) is 5.13 Å². The van der Waals surface area contributed by atoms with E-state index < -0.39 is 29.2 Å². The van der Waals surface area contributed by atoms with Crippen LogP contribution in [-0.2, 0) is 14.4 Å². The number of aromatic amines is 1. The van der Waals surface area contributed by atoms with Crippen LogP contribution in [0.1, 0.15) is 5.69 Å². The second-order valence-corrected chi connectivity index (χ2v) is 9.52. The van der Waals surface area contributed by atoms with E-state index in [0.717, 1.165) is 16.9 Å². The van der Waals surface area contributed by atoms with Gasteiger partial charge in [0, 0.05) is 22.4 Å². The zero-order valence-electron chi connectivity index (χ0n) is 15.4. The maximum absolute atomic E-state index is 12.8. The summed E-state index contributed by atoms with van der Waals surface area (Å²) in [6, 6.07) is -0.876. The Hall–Kier alpha value is -2.55. The number of anilines is 1. The minimum atomic E-state index is -1.20. The van der Waals surface area contributed by atoms with Gasteiger partial charge >= 0.3 is 5.97 Å². The van der Waals surface area contributed by atoms with Crippen molar-refractivity contribution in [2.24, 2.45) is 0 Å². The van der Waals surface area contributed by atoms with Crippen molar-refractivity contribution < 1.29 is 19.5 Å². The Labute approximate surface area is 192 Å². The molecule has 2 atom stereocenters. The van der Waals surface area contributed by atoms with Gasteiger partial charge in [-0.2, -0.15) is 10.3 Å². The Kier molecular flexibility index (Phi) is 6.22. The van der Waals surface area contributed by atoms with Gasteiger partial charge in [-0.25, -0.2) is 9.78 Å². The number of aliphatic carboxylic acids is 1. The lowest BCUT2D eigenvalue weighted by Crippen LogP contribution is -2.70. The number of carbonyl (C=O) groups is 3. The van der Waals surface area contributed by atoms with Gasteiger partial charge in [-0.15, -0.1) is 28.2 Å². The third kappa shape index (κ3) is 4.15. The molecule has 0 spiro atoms. The first kappa shape index (κ1) is 21.7. The van der Waals surface area contributed by atoms with Gasteiger partial charge < -0.3 is 16.2 Å². The summed E-state index contributed by atoms with van der Waals surface area (Å²) >= 11 is 9.64. The quantitative estimate of drug-likeness (QED) is 0.244. The van der Waals surface area contributed by atoms with E-state index in [2.05, 4.69) is 25.7 Å². The smallest absolute Gasteiger partial charge is 0.352 e. The van der Waals surface area contributed by atoms with Crippen LogP contribution in [0.3, 0.4) is 0 Å². The molecule has 162 valence electrons. The van der Waals surface area contributed by atoms with Gasteiger partial charge in [0.05, 0.1) is 17.5 Å². The molecule has 4 heterocycles. The standard InChI is InChI=1S/C16H14ClN7O4S3/c17-1-7(8-5-31-16(18)20-8)12(25)21-10-13(26)24-11(15(27)28)6(4-30-14(10)24)3-29-9-2-19-23-22-9/h1-2,5,10,14H,3-4H2,(H2,18,20)(H,21,25)(H,27,28)(H,19,22,23)/t10?,14-/m1/s1. The molecule has 15 heteroatoms. The number of hydrogen-bond donors (Lipinski definition) is 4. The normalized spacial score (nSPS) is 21.0. The molecule has 0 aromatic carbocycles. The number of thioether (sulfide) groups is 2. The second kappa shape index (κ2) is 8.90. The third-order valence-corrected chi connectivity index (χ3v) is 7.69. The minimum Gasteiger partial charge on any atom is -0.477 e. The molecule has 2 aromatic heterocycles. The van der Waals surface area contributed by atoms with Crippen LogP contribution >= 0.6 is 46.5 Å². The van der Waals surface area contributed by atoms with E-state index in [1.54, 1.807) is 5.38 Å². The van der Waals surface area contributed by atoms with Crippen LogP contribution in [0.25, 0.3) is 5.57 Å². The number of β-lactam (4-membered cyclic amide) rings is 1. The molecule has 11 nitrogen and oxygen atoms in total. The molecule has 4 rings (SSSR count). The molecule has 0 saturated carbocycles. The van der Waals surface area contributed by atoms with E-state index in [9.17, 15) is 19.5 Å². The first-order valence-corrected chi connectivity index (χ1v) is 12.0. The highest BCUT2D eigenvalue weighted by molar-refractivity contribution is 8.01. The van der Waals surface area contributed by atoms with Crippen LogP contribution in [-0.4, -0.2) is 71.1 Å². The molecule has 2 aliphatic rings. The van der Waals surface area contributed by atoms with Gasteiger partial charge in [-0.3, -0.25) is 14.5 Å². The van der Waals surface area contributed by atoms with Gasteiger partial charge in [0.1, 0.15) is 22.1 Å². The maximum atomic E-state index is 12.8. The molecule has 0 radical (unpaired) electrons. The summed E-state index contributed by atoms with van der Waals surface area (Å²) in [7, 11) is 0. The summed E-state index contributed by atoms with van der Waals surface area (Å²) in [6.45, 7) is 0. The molecule has 31 heavy (non-hydrogen) atoms. The summed E-state index contributed by atoms with van der Waals surface area (Å²) in [5, 5.41) is 24.4. The number of halogens is 1. The molecule has 2 aromatic rings. The first-order chi connectivity index (χ1) is 14.9. The molecule has 2 amide bonds. The number of rotatable bonds is 7. The first-order valence-electron chi connectivity index (χ1n) is 8.62. The van der Waals surface area contributed by atoms with Gasteiger partial charge in [0.2, 0.25) is 0 Å². The van der Waals surface area contributed by atoms with Crippen molar-refractivity contribution in [1.29, 1.82) is 0 Å². The predicted octanol–water partition coefficient (Wildman–Crippen LogP) is 0.954. The van der Waals surface area contributed by atoms with E-state index in [1.165, 1.54) is 34.6 Å². The number of nitrogens with one attached hydrogen (secondary N) is 2. The lowest BCUT2D eigenvalue weighted by Gasteiger charge is -2.49. The van der Waals surface area contributed by atoms with Gasteiger partial charge in [0.15, 0.2) is 5.13 Å². The van der Waals surface area contributed by atoms with Crippen molar-refractivity contribution in [2.75, 3.05) is 17.2 Å². The number of thiazole rings is 1. The monoisotopic (exact) mass is 499 g/mol. The minimum absolute atomic E-state index is 0.0596. The average Bonchev–Trinajstić information content (AvgIpc) is 3.42. The number of H-pyrrole nitrogens is 1. The molecule has 0 aliphatic carbocycles. The fourth-order valence-electron chi connectivity index (χ4n) is 3.07. The van der Waals surface area contributed by atoms with Crippen molar-refractivity contribution in [2.45, 2.75) is 16.4 Å². The zero-order valence-corrected chi connectivity index (χ0v) is 18.6. The molecular weight excluding hydrogens is 486 g/mol. The number of carbonyl (C=O) groups excluding carboxylic acids is 2. The molecule has 2 aliphatic heterocycles. The summed E-state index contributed by atoms with van der Waals surface area (Å²) in [5.74, 6) is -1.54. The lowest BCUT2D eigenvalue weighted by molar-refractivity contribution is -0.150. The Morgan fingerprint density at radius 1 is 1.52 bits per heavy atom. The Morgan fingerprint density at radius 2 is 2.32 bits per heavy atom. The summed E-state index contributed by atoms with van der Waals surface area (Å²) in [4.78, 5) is 42.5. The fraction of sp³-hybridized carbons (Fsp3) is 0.250. The fourth-order valence-corrected chi connectivity index (χ4v) is 6.11. The summed E-state index contributed by atoms with van der Waals surface area (Å²) < 4.78 is 0. The SMILES string of the molecule is Nc1nc(C(=CCl)C(=O)NC2C(=O)N3C(C(=O)O)=C(CSc4cn[nH]n4)CS[C@H]23)cs1. The number of hydrogen-bond acceptors (Lipinski definition) is 10. The number of aromatic nitrogens is 4. The van der Waals surface area contributed by atoms with Crippen molar-refractivity contribution in [3.05, 3.63) is 34.1 Å². The number of nitrogen functional groups attached to an aromatic ring is 1. The van der Waals surface area contributed by atoms with E-state index >= 15 is 0 Å². The number of carboxylic acids is 1. The van der Waals surface area contributed by atoms with Gasteiger partial charge in [0.25, 0.3) is 11.8 Å². The van der Waals surface area contributed by atoms with Crippen molar-refractivity contribution in [3.63, 3.8) is 0 Å². The van der Waals surface area contributed by atoms with Crippen LogP contribution in [0.15, 0.2) is 33.4 Å². The topological polar surface area (TPSA) is 167 Å². The Bertz CT molecular complexity index is 1100. The number of fused-ring (bicyclic) bond motifs is 1. The Morgan fingerprint density at radius 3 is 2.94 bits per heavy atom. The molecule has 0 bridgehead atoms. The second-order valence-electron chi connectivity index (χ2n) is 6.31. The summed E-state index contributed by atoms with van der Waals surface area (Å²) in [5.41, 5.74) is 7.58. The largest absolute Gasteiger partial charge is 0.477 e. The lowest BCUT2D eigenvalue weighted by atomic mass is 10.0. The number of nitrogens with zero attached hydrogens (tertiary/aromatic N) is 4. The van der Waals surface area contributed by atoms with Crippen molar-refractivity contribution in [3.8, 4) is 0 Å². The van der Waals surface area contributed by atoms with Crippen molar-refractivity contribution >= 4 is 74.9 Å². The predicted molar refractivity (Wildman–Crippen MR) is 117 cm³/mol. The van der Waals surface area contributed by atoms with E-state index in [4.69, 9.17) is 17.3 Å². The average molecular weight is 500 g/mol. The van der Waals surface area contributed by atoms with E-state index in [-0.39, 0.29) is 16.4 Å². The molecular formula is C16H14ClN7O4S3. The maximum Gasteiger partial charge on any atom is 0.352 e. The molecule has 1 fully saturated rings. The zero-order chi connectivity index (χ0) is 22.1. The Balaban J connectivity index is 1.48. The van der Waals surface area contributed by atoms with Gasteiger partial charge in [-0.05, 0) is 5.57 Å². The van der Waals surface area contributed by atoms with Gasteiger partial charge in [-0.1, -0.05) is 23.4 Å². The molecule has 1 unspecified atom stereocenters. The van der Waals surface area contributed by atoms with Crippen LogP contribution in [0.5, 0.6) is 0 Å². The van der Waals surface area contributed by atoms with Crippen LogP contribution in [0, 0.1) is 0 Å². The highest BCUT2D eigenvalue weighted by Crippen LogP contribution is 2.41. The van der Waals surface area contributed by atoms with E-state index in [0.29, 0.717) is 27.8 Å². The van der Waals surface area contributed by atoms with Crippen LogP contribution < -0.4 is 11.1 Å². The number of amides is 2. The highest BCUT2D eigenvalue weighted by atomic mass is 35.5. The van der Waals surface area contributed by atoms with E-state index in [1.807, 2.05) is 0 Å². The number of carboxylic acid groups (broad SMARTS) is 1.